The lowest BCUT2D eigenvalue weighted by molar-refractivity contribution is 0.619. The van der Waals surface area contributed by atoms with Crippen molar-refractivity contribution in [1.29, 1.82) is 0 Å². The van der Waals surface area contributed by atoms with Crippen LogP contribution >= 0.6 is 0 Å². The molecule has 0 spiro atoms. The lowest BCUT2D eigenvalue weighted by atomic mass is 10.1. The lowest BCUT2D eigenvalue weighted by Crippen LogP contribution is -1.93. The second kappa shape index (κ2) is 3.84. The van der Waals surface area contributed by atoms with E-state index in [0.717, 1.165) is 16.5 Å². The van der Waals surface area contributed by atoms with Gasteiger partial charge in [0.05, 0.1) is 0 Å². The van der Waals surface area contributed by atoms with Gasteiger partial charge in [0.15, 0.2) is 0 Å². The van der Waals surface area contributed by atoms with Crippen LogP contribution in [-0.2, 0) is 0 Å². The number of pyridine rings is 1. The number of furan rings is 1. The molecule has 0 saturated heterocycles. The van der Waals surface area contributed by atoms with Crippen molar-refractivity contribution < 1.29 is 8.81 Å². The quantitative estimate of drug-likeness (QED) is 0.710. The molecule has 0 saturated carbocycles. The van der Waals surface area contributed by atoms with Gasteiger partial charge in [-0.25, -0.2) is 9.37 Å². The van der Waals surface area contributed by atoms with Gasteiger partial charge in [-0.2, -0.15) is 0 Å². The van der Waals surface area contributed by atoms with Gasteiger partial charge in [0, 0.05) is 17.1 Å². The first-order chi connectivity index (χ1) is 8.63. The molecule has 0 atom stereocenters. The zero-order chi connectivity index (χ0) is 12.7. The van der Waals surface area contributed by atoms with Gasteiger partial charge in [-0.1, -0.05) is 0 Å². The highest BCUT2D eigenvalue weighted by molar-refractivity contribution is 5.82. The molecule has 4 heteroatoms. The number of anilines is 1. The smallest absolute Gasteiger partial charge is 0.136 e. The summed E-state index contributed by atoms with van der Waals surface area (Å²) in [5.74, 6) is 0.883. The van der Waals surface area contributed by atoms with Crippen LogP contribution in [-0.4, -0.2) is 4.98 Å². The Hall–Kier alpha value is -2.36. The molecule has 0 aliphatic carbocycles. The van der Waals surface area contributed by atoms with Gasteiger partial charge in [-0.15, -0.1) is 0 Å². The molecule has 0 radical (unpaired) electrons. The number of rotatable bonds is 1. The van der Waals surface area contributed by atoms with E-state index in [1.165, 1.54) is 12.1 Å². The highest BCUT2D eigenvalue weighted by Crippen LogP contribution is 2.28. The Balaban J connectivity index is 2.16. The van der Waals surface area contributed by atoms with E-state index in [2.05, 4.69) is 4.98 Å². The average Bonchev–Trinajstić information content (AvgIpc) is 2.75. The fraction of sp³-hybridized carbons (Fsp3) is 0.0714. The summed E-state index contributed by atoms with van der Waals surface area (Å²) in [4.78, 5) is 4.09. The molecule has 3 rings (SSSR count). The molecule has 1 aromatic carbocycles. The van der Waals surface area contributed by atoms with Crippen LogP contribution in [0.4, 0.5) is 10.2 Å². The largest absolute Gasteiger partial charge is 0.456 e. The van der Waals surface area contributed by atoms with Gasteiger partial charge in [-0.3, -0.25) is 0 Å². The van der Waals surface area contributed by atoms with Crippen LogP contribution in [0.5, 0.6) is 0 Å². The minimum atomic E-state index is -0.276. The van der Waals surface area contributed by atoms with E-state index in [1.807, 2.05) is 13.0 Å². The Bertz CT molecular complexity index is 734. The number of fused-ring (bicyclic) bond motifs is 1. The van der Waals surface area contributed by atoms with E-state index in [0.29, 0.717) is 17.2 Å². The molecule has 0 aliphatic heterocycles. The third-order valence-electron chi connectivity index (χ3n) is 2.88. The predicted octanol–water partition coefficient (Wildman–Crippen LogP) is 3.52. The molecule has 0 unspecified atom stereocenters. The maximum absolute atomic E-state index is 13.1. The maximum Gasteiger partial charge on any atom is 0.136 e. The molecule has 0 aliphatic rings. The highest BCUT2D eigenvalue weighted by Gasteiger charge is 2.08. The van der Waals surface area contributed by atoms with Crippen molar-refractivity contribution in [2.45, 2.75) is 6.92 Å². The van der Waals surface area contributed by atoms with Gasteiger partial charge < -0.3 is 10.2 Å². The summed E-state index contributed by atoms with van der Waals surface area (Å²) in [6.07, 6.45) is 1.65. The Labute approximate surface area is 103 Å². The van der Waals surface area contributed by atoms with Crippen molar-refractivity contribution in [3.63, 3.8) is 0 Å². The van der Waals surface area contributed by atoms with Crippen molar-refractivity contribution in [2.75, 3.05) is 5.73 Å². The number of halogens is 1. The number of aromatic nitrogens is 1. The molecule has 90 valence electrons. The average molecular weight is 242 g/mol. The van der Waals surface area contributed by atoms with E-state index >= 15 is 0 Å². The standard InChI is InChI=1S/C14H11FN2O/c1-8-4-10(7-17-14(8)16)13-6-9-5-11(15)2-3-12(9)18-13/h2-7H,1H3,(H2,16,17). The van der Waals surface area contributed by atoms with Crippen LogP contribution in [0.2, 0.25) is 0 Å². The molecule has 3 nitrogen and oxygen atoms in total. The molecule has 2 heterocycles. The number of aryl methyl sites for hydroxylation is 1. The summed E-state index contributed by atoms with van der Waals surface area (Å²) in [5, 5.41) is 0.736. The van der Waals surface area contributed by atoms with Crippen LogP contribution in [0.25, 0.3) is 22.3 Å². The number of hydrogen-bond donors (Lipinski definition) is 1. The molecule has 18 heavy (non-hydrogen) atoms. The summed E-state index contributed by atoms with van der Waals surface area (Å²) >= 11 is 0. The van der Waals surface area contributed by atoms with Crippen molar-refractivity contribution in [2.24, 2.45) is 0 Å². The third kappa shape index (κ3) is 1.72. The summed E-state index contributed by atoms with van der Waals surface area (Å²) in [6, 6.07) is 8.13. The van der Waals surface area contributed by atoms with Crippen molar-refractivity contribution in [3.05, 3.63) is 47.9 Å². The molecule has 0 amide bonds. The predicted molar refractivity (Wildman–Crippen MR) is 68.6 cm³/mol. The van der Waals surface area contributed by atoms with Crippen LogP contribution in [0.15, 0.2) is 40.9 Å². The zero-order valence-electron chi connectivity index (χ0n) is 9.77. The van der Waals surface area contributed by atoms with Crippen LogP contribution in [0, 0.1) is 12.7 Å². The Morgan fingerprint density at radius 2 is 2.06 bits per heavy atom. The van der Waals surface area contributed by atoms with Gasteiger partial charge >= 0.3 is 0 Å². The molecule has 2 aromatic heterocycles. The van der Waals surface area contributed by atoms with Gasteiger partial charge in [-0.05, 0) is 42.8 Å². The number of nitrogen functional groups attached to an aromatic ring is 1. The zero-order valence-corrected chi connectivity index (χ0v) is 9.77. The van der Waals surface area contributed by atoms with Crippen molar-refractivity contribution >= 4 is 16.8 Å². The number of hydrogen-bond acceptors (Lipinski definition) is 3. The van der Waals surface area contributed by atoms with Gasteiger partial charge in [0.25, 0.3) is 0 Å². The van der Waals surface area contributed by atoms with Crippen LogP contribution in [0.1, 0.15) is 5.56 Å². The molecule has 0 fully saturated rings. The van der Waals surface area contributed by atoms with E-state index in [-0.39, 0.29) is 5.82 Å². The summed E-state index contributed by atoms with van der Waals surface area (Å²) in [5.41, 5.74) is 8.04. The van der Waals surface area contributed by atoms with Crippen LogP contribution in [0.3, 0.4) is 0 Å². The minimum Gasteiger partial charge on any atom is -0.456 e. The summed E-state index contributed by atoms with van der Waals surface area (Å²) < 4.78 is 18.8. The highest BCUT2D eigenvalue weighted by atomic mass is 19.1. The first-order valence-electron chi connectivity index (χ1n) is 5.55. The molecule has 2 N–H and O–H groups in total. The topological polar surface area (TPSA) is 52.0 Å². The Kier molecular flexibility index (Phi) is 2.30. The van der Waals surface area contributed by atoms with Crippen LogP contribution < -0.4 is 5.73 Å². The normalized spacial score (nSPS) is 11.0. The first-order valence-corrected chi connectivity index (χ1v) is 5.55. The second-order valence-electron chi connectivity index (χ2n) is 4.22. The van der Waals surface area contributed by atoms with Crippen molar-refractivity contribution in [3.8, 4) is 11.3 Å². The van der Waals surface area contributed by atoms with E-state index < -0.39 is 0 Å². The fourth-order valence-corrected chi connectivity index (χ4v) is 1.88. The molecular formula is C14H11FN2O. The molecule has 0 bridgehead atoms. The maximum atomic E-state index is 13.1. The SMILES string of the molecule is Cc1cc(-c2cc3cc(F)ccc3o2)cnc1N. The minimum absolute atomic E-state index is 0.276. The summed E-state index contributed by atoms with van der Waals surface area (Å²) in [7, 11) is 0. The van der Waals surface area contributed by atoms with Gasteiger partial charge in [0.1, 0.15) is 23.0 Å². The fourth-order valence-electron chi connectivity index (χ4n) is 1.88. The Morgan fingerprint density at radius 3 is 2.83 bits per heavy atom. The molecule has 3 aromatic rings. The monoisotopic (exact) mass is 242 g/mol. The second-order valence-corrected chi connectivity index (χ2v) is 4.22. The third-order valence-corrected chi connectivity index (χ3v) is 2.88. The van der Waals surface area contributed by atoms with E-state index in [1.54, 1.807) is 18.3 Å². The first kappa shape index (κ1) is 10.8. The number of nitrogens with two attached hydrogens (primary N) is 1. The van der Waals surface area contributed by atoms with E-state index in [4.69, 9.17) is 10.2 Å². The lowest BCUT2D eigenvalue weighted by Gasteiger charge is -2.00. The number of nitrogens with zero attached hydrogens (tertiary/aromatic N) is 1. The summed E-state index contributed by atoms with van der Waals surface area (Å²) in [6.45, 7) is 1.88. The Morgan fingerprint density at radius 1 is 1.22 bits per heavy atom. The van der Waals surface area contributed by atoms with Gasteiger partial charge in [0.2, 0.25) is 0 Å². The number of benzene rings is 1. The van der Waals surface area contributed by atoms with E-state index in [9.17, 15) is 4.39 Å². The van der Waals surface area contributed by atoms with Crippen molar-refractivity contribution in [1.82, 2.24) is 4.98 Å². The molecular weight excluding hydrogens is 231 g/mol.